The van der Waals surface area contributed by atoms with Gasteiger partial charge in [0, 0.05) is 23.8 Å². The van der Waals surface area contributed by atoms with E-state index in [0.717, 1.165) is 36.0 Å². The van der Waals surface area contributed by atoms with Crippen molar-refractivity contribution in [2.45, 2.75) is 18.9 Å². The van der Waals surface area contributed by atoms with Gasteiger partial charge in [-0.05, 0) is 30.4 Å². The Morgan fingerprint density at radius 2 is 2.30 bits per heavy atom. The second-order valence-electron chi connectivity index (χ2n) is 4.95. The van der Waals surface area contributed by atoms with Gasteiger partial charge >= 0.3 is 5.97 Å². The summed E-state index contributed by atoms with van der Waals surface area (Å²) in [4.78, 5) is 18.4. The zero-order valence-corrected chi connectivity index (χ0v) is 11.4. The lowest BCUT2D eigenvalue weighted by Gasteiger charge is -2.25. The monoisotopic (exact) mass is 271 g/mol. The molecule has 1 fully saturated rings. The van der Waals surface area contributed by atoms with E-state index in [2.05, 4.69) is 4.98 Å². The first kappa shape index (κ1) is 12.7. The van der Waals surface area contributed by atoms with Crippen LogP contribution in [-0.2, 0) is 9.53 Å². The van der Waals surface area contributed by atoms with E-state index >= 15 is 0 Å². The van der Waals surface area contributed by atoms with Crippen LogP contribution in [-0.4, -0.2) is 30.6 Å². The third-order valence-corrected chi connectivity index (χ3v) is 3.80. The van der Waals surface area contributed by atoms with Crippen molar-refractivity contribution in [3.05, 3.63) is 30.5 Å². The Kier molecular flexibility index (Phi) is 3.18. The highest BCUT2D eigenvalue weighted by Gasteiger charge is 2.33. The Morgan fingerprint density at radius 3 is 3.10 bits per heavy atom. The van der Waals surface area contributed by atoms with Crippen LogP contribution < -0.4 is 10.6 Å². The number of methoxy groups -OCH3 is 1. The van der Waals surface area contributed by atoms with Gasteiger partial charge in [-0.25, -0.2) is 9.78 Å². The number of nitrogens with two attached hydrogens (primary N) is 1. The molecule has 0 saturated carbocycles. The molecule has 3 rings (SSSR count). The van der Waals surface area contributed by atoms with Gasteiger partial charge in [-0.2, -0.15) is 0 Å². The Bertz CT molecular complexity index is 651. The van der Waals surface area contributed by atoms with Gasteiger partial charge < -0.3 is 15.4 Å². The molecular formula is C15H17N3O2. The molecule has 1 aromatic carbocycles. The lowest BCUT2D eigenvalue weighted by Crippen LogP contribution is -2.37. The molecule has 104 valence electrons. The fourth-order valence-electron chi connectivity index (χ4n) is 2.86. The van der Waals surface area contributed by atoms with Gasteiger partial charge in [-0.1, -0.05) is 12.1 Å². The Labute approximate surface area is 117 Å². The number of pyridine rings is 1. The van der Waals surface area contributed by atoms with Gasteiger partial charge in [0.1, 0.15) is 11.9 Å². The van der Waals surface area contributed by atoms with Gasteiger partial charge in [0.15, 0.2) is 0 Å². The smallest absolute Gasteiger partial charge is 0.328 e. The number of hydrogen-bond acceptors (Lipinski definition) is 5. The molecule has 1 saturated heterocycles. The third-order valence-electron chi connectivity index (χ3n) is 3.80. The van der Waals surface area contributed by atoms with Crippen molar-refractivity contribution in [3.8, 4) is 0 Å². The molecule has 20 heavy (non-hydrogen) atoms. The molecule has 2 N–H and O–H groups in total. The molecule has 5 heteroatoms. The van der Waals surface area contributed by atoms with Crippen LogP contribution in [0, 0.1) is 0 Å². The highest BCUT2D eigenvalue weighted by atomic mass is 16.5. The van der Waals surface area contributed by atoms with Crippen LogP contribution in [0.5, 0.6) is 0 Å². The number of nitrogen functional groups attached to an aromatic ring is 1. The van der Waals surface area contributed by atoms with E-state index in [1.54, 1.807) is 6.20 Å². The molecule has 1 aromatic heterocycles. The number of hydrogen-bond donors (Lipinski definition) is 1. The third kappa shape index (κ3) is 1.95. The lowest BCUT2D eigenvalue weighted by atomic mass is 10.1. The van der Waals surface area contributed by atoms with Crippen LogP contribution >= 0.6 is 0 Å². The molecule has 1 aliphatic heterocycles. The quantitative estimate of drug-likeness (QED) is 0.668. The fraction of sp³-hybridized carbons (Fsp3) is 0.333. The molecule has 5 nitrogen and oxygen atoms in total. The van der Waals surface area contributed by atoms with Crippen molar-refractivity contribution >= 4 is 28.2 Å². The summed E-state index contributed by atoms with van der Waals surface area (Å²) in [5.41, 5.74) is 6.78. The average molecular weight is 271 g/mol. The summed E-state index contributed by atoms with van der Waals surface area (Å²) in [5.74, 6) is 0.560. The zero-order valence-electron chi connectivity index (χ0n) is 11.4. The minimum atomic E-state index is -0.266. The summed E-state index contributed by atoms with van der Waals surface area (Å²) < 4.78 is 4.89. The Morgan fingerprint density at radius 1 is 1.45 bits per heavy atom. The number of benzene rings is 1. The summed E-state index contributed by atoms with van der Waals surface area (Å²) in [6.07, 6.45) is 3.49. The van der Waals surface area contributed by atoms with Crippen molar-refractivity contribution in [2.75, 3.05) is 24.3 Å². The van der Waals surface area contributed by atoms with Crippen LogP contribution in [0.15, 0.2) is 30.5 Å². The number of carbonyl (C=O) groups is 1. The van der Waals surface area contributed by atoms with Crippen LogP contribution in [0.3, 0.4) is 0 Å². The number of esters is 1. The Hall–Kier alpha value is -2.30. The molecule has 1 atom stereocenters. The second-order valence-corrected chi connectivity index (χ2v) is 4.95. The molecule has 0 bridgehead atoms. The highest BCUT2D eigenvalue weighted by molar-refractivity contribution is 6.02. The van der Waals surface area contributed by atoms with E-state index in [0.29, 0.717) is 5.69 Å². The van der Waals surface area contributed by atoms with Crippen LogP contribution in [0.4, 0.5) is 11.5 Å². The number of fused-ring (bicyclic) bond motifs is 1. The van der Waals surface area contributed by atoms with Crippen LogP contribution in [0.25, 0.3) is 10.8 Å². The summed E-state index contributed by atoms with van der Waals surface area (Å²) >= 11 is 0. The zero-order chi connectivity index (χ0) is 14.1. The van der Waals surface area contributed by atoms with Crippen molar-refractivity contribution < 1.29 is 9.53 Å². The maximum Gasteiger partial charge on any atom is 0.328 e. The van der Waals surface area contributed by atoms with E-state index in [1.165, 1.54) is 7.11 Å². The maximum atomic E-state index is 11.9. The lowest BCUT2D eigenvalue weighted by molar-refractivity contribution is -0.141. The number of nitrogens with zero attached hydrogens (tertiary/aromatic N) is 2. The molecule has 2 heterocycles. The first-order valence-corrected chi connectivity index (χ1v) is 6.70. The molecular weight excluding hydrogens is 254 g/mol. The topological polar surface area (TPSA) is 68.5 Å². The molecule has 0 aliphatic carbocycles. The van der Waals surface area contributed by atoms with E-state index in [9.17, 15) is 4.79 Å². The van der Waals surface area contributed by atoms with E-state index < -0.39 is 0 Å². The summed E-state index contributed by atoms with van der Waals surface area (Å²) in [6.45, 7) is 0.792. The van der Waals surface area contributed by atoms with E-state index in [4.69, 9.17) is 10.5 Å². The molecule has 1 unspecified atom stereocenters. The Balaban J connectivity index is 2.12. The second kappa shape index (κ2) is 5.00. The van der Waals surface area contributed by atoms with E-state index in [-0.39, 0.29) is 12.0 Å². The number of aromatic nitrogens is 1. The van der Waals surface area contributed by atoms with Crippen molar-refractivity contribution in [1.82, 2.24) is 4.98 Å². The first-order chi connectivity index (χ1) is 9.72. The first-order valence-electron chi connectivity index (χ1n) is 6.70. The normalized spacial score (nSPS) is 18.4. The van der Waals surface area contributed by atoms with E-state index in [1.807, 2.05) is 29.2 Å². The summed E-state index contributed by atoms with van der Waals surface area (Å²) in [5, 5.41) is 1.94. The SMILES string of the molecule is COC(=O)C1CCCN1c1nccc2cccc(N)c12. The molecule has 0 radical (unpaired) electrons. The number of rotatable bonds is 2. The summed E-state index contributed by atoms with van der Waals surface area (Å²) in [6, 6.07) is 7.44. The van der Waals surface area contributed by atoms with Gasteiger partial charge in [0.05, 0.1) is 7.11 Å². The number of carbonyl (C=O) groups excluding carboxylic acids is 1. The number of anilines is 2. The van der Waals surface area contributed by atoms with Crippen LogP contribution in [0.1, 0.15) is 12.8 Å². The van der Waals surface area contributed by atoms with Gasteiger partial charge in [-0.15, -0.1) is 0 Å². The predicted molar refractivity (Wildman–Crippen MR) is 78.5 cm³/mol. The molecule has 0 amide bonds. The van der Waals surface area contributed by atoms with Gasteiger partial charge in [0.25, 0.3) is 0 Å². The van der Waals surface area contributed by atoms with Crippen LogP contribution in [0.2, 0.25) is 0 Å². The van der Waals surface area contributed by atoms with Crippen molar-refractivity contribution in [2.24, 2.45) is 0 Å². The van der Waals surface area contributed by atoms with Crippen molar-refractivity contribution in [3.63, 3.8) is 0 Å². The van der Waals surface area contributed by atoms with Crippen molar-refractivity contribution in [1.29, 1.82) is 0 Å². The molecule has 1 aliphatic rings. The highest BCUT2D eigenvalue weighted by Crippen LogP contribution is 2.33. The minimum absolute atomic E-state index is 0.212. The van der Waals surface area contributed by atoms with Gasteiger partial charge in [-0.3, -0.25) is 0 Å². The maximum absolute atomic E-state index is 11.9. The number of ether oxygens (including phenoxy) is 1. The molecule has 2 aromatic rings. The molecule has 0 spiro atoms. The standard InChI is InChI=1S/C15H17N3O2/c1-20-15(19)12-6-3-9-18(12)14-13-10(7-8-17-14)4-2-5-11(13)16/h2,4-5,7-8,12H,3,6,9,16H2,1H3. The summed E-state index contributed by atoms with van der Waals surface area (Å²) in [7, 11) is 1.42. The van der Waals surface area contributed by atoms with Gasteiger partial charge in [0.2, 0.25) is 0 Å². The predicted octanol–water partition coefficient (Wildman–Crippen LogP) is 1.96. The average Bonchev–Trinajstić information content (AvgIpc) is 2.95. The fourth-order valence-corrected chi connectivity index (χ4v) is 2.86. The largest absolute Gasteiger partial charge is 0.467 e. The minimum Gasteiger partial charge on any atom is -0.467 e.